The Hall–Kier alpha value is -2.11. The second kappa shape index (κ2) is 5.35. The normalized spacial score (nSPS) is 10.8. The van der Waals surface area contributed by atoms with E-state index < -0.39 is 29.0 Å². The van der Waals surface area contributed by atoms with Gasteiger partial charge in [0.2, 0.25) is 0 Å². The fourth-order valence-corrected chi connectivity index (χ4v) is 3.25. The second-order valence-electron chi connectivity index (χ2n) is 4.10. The fourth-order valence-electron chi connectivity index (χ4n) is 1.76. The molecule has 21 heavy (non-hydrogen) atoms. The van der Waals surface area contributed by atoms with Crippen LogP contribution in [0.1, 0.15) is 10.4 Å². The zero-order valence-electron chi connectivity index (χ0n) is 10.3. The number of hydrogen-bond donors (Lipinski definition) is 0. The number of aromatic nitrogens is 1. The number of halogens is 3. The Morgan fingerprint density at radius 1 is 1.05 bits per heavy atom. The summed E-state index contributed by atoms with van der Waals surface area (Å²) in [5.74, 6) is -5.69. The van der Waals surface area contributed by atoms with Gasteiger partial charge in [-0.3, -0.25) is 0 Å². The van der Waals surface area contributed by atoms with Crippen molar-refractivity contribution in [1.82, 2.24) is 3.98 Å². The van der Waals surface area contributed by atoms with Gasteiger partial charge < -0.3 is 0 Å². The molecule has 0 aliphatic rings. The monoisotopic (exact) mass is 357 g/mol. The summed E-state index contributed by atoms with van der Waals surface area (Å²) in [5.41, 5.74) is -0.673. The number of rotatable bonds is 2. The molecule has 0 aliphatic heterocycles. The van der Waals surface area contributed by atoms with Crippen LogP contribution >= 0.6 is 0 Å². The average molecular weight is 356 g/mol. The van der Waals surface area contributed by atoms with Crippen LogP contribution in [0.15, 0.2) is 36.4 Å². The third kappa shape index (κ3) is 2.46. The summed E-state index contributed by atoms with van der Waals surface area (Å²) in [4.78, 5) is 11.9. The Labute approximate surface area is 123 Å². The van der Waals surface area contributed by atoms with Crippen LogP contribution < -0.4 is 4.74 Å². The quantitative estimate of drug-likeness (QED) is 0.403. The maximum atomic E-state index is 13.5. The van der Waals surface area contributed by atoms with Gasteiger partial charge in [0.1, 0.15) is 0 Å². The zero-order valence-corrected chi connectivity index (χ0v) is 12.0. The summed E-state index contributed by atoms with van der Waals surface area (Å²) < 4.78 is 49.5. The molecule has 3 rings (SSSR count). The van der Waals surface area contributed by atoms with Gasteiger partial charge >= 0.3 is 122 Å². The predicted octanol–water partition coefficient (Wildman–Crippen LogP) is 2.93. The number of benzene rings is 2. The Morgan fingerprint density at radius 3 is 2.62 bits per heavy atom. The van der Waals surface area contributed by atoms with E-state index in [-0.39, 0.29) is 20.6 Å². The molecule has 3 nitrogen and oxygen atoms in total. The summed E-state index contributed by atoms with van der Waals surface area (Å²) in [5, 5.41) is 0.647. The number of ether oxygens (including phenoxy) is 1. The van der Waals surface area contributed by atoms with E-state index in [2.05, 4.69) is 3.98 Å². The molecule has 0 amide bonds. The molecular weight excluding hydrogens is 350 g/mol. The molecule has 0 aliphatic carbocycles. The Balaban J connectivity index is 1.95. The van der Waals surface area contributed by atoms with Gasteiger partial charge in [-0.15, -0.1) is 0 Å². The van der Waals surface area contributed by atoms with Gasteiger partial charge in [-0.25, -0.2) is 0 Å². The van der Waals surface area contributed by atoms with E-state index in [0.717, 1.165) is 10.3 Å². The molecule has 0 radical (unpaired) electrons. The molecule has 0 fully saturated rings. The number of nitrogens with zero attached hydrogens (tertiary/aromatic N) is 1. The molecule has 1 heterocycles. The third-order valence-corrected chi connectivity index (χ3v) is 4.49. The average Bonchev–Trinajstić information content (AvgIpc) is 2.88. The summed E-state index contributed by atoms with van der Waals surface area (Å²) in [7, 11) is 0. The number of esters is 1. The van der Waals surface area contributed by atoms with Gasteiger partial charge in [0.15, 0.2) is 0 Å². The first-order valence-corrected chi connectivity index (χ1v) is 7.40. The van der Waals surface area contributed by atoms with Crippen molar-refractivity contribution < 1.29 is 22.7 Å². The van der Waals surface area contributed by atoms with Gasteiger partial charge in [0, 0.05) is 0 Å². The molecule has 7 heteroatoms. The van der Waals surface area contributed by atoms with Crippen molar-refractivity contribution in [2.45, 2.75) is 0 Å². The van der Waals surface area contributed by atoms with E-state index in [0.29, 0.717) is 11.5 Å². The van der Waals surface area contributed by atoms with Crippen molar-refractivity contribution in [2.75, 3.05) is 0 Å². The van der Waals surface area contributed by atoms with Crippen LogP contribution in [0.25, 0.3) is 9.65 Å². The third-order valence-electron chi connectivity index (χ3n) is 2.79. The Morgan fingerprint density at radius 2 is 1.81 bits per heavy atom. The van der Waals surface area contributed by atoms with Crippen molar-refractivity contribution >= 4 is 30.3 Å². The molecule has 0 saturated carbocycles. The molecule has 0 atom stereocenters. The van der Waals surface area contributed by atoms with E-state index in [1.54, 1.807) is 12.1 Å². The Kier molecular flexibility index (Phi) is 3.53. The first-order valence-electron chi connectivity index (χ1n) is 5.78. The minimum atomic E-state index is -1.71. The van der Waals surface area contributed by atoms with Crippen LogP contribution in [0.4, 0.5) is 13.2 Å². The van der Waals surface area contributed by atoms with Gasteiger partial charge in [-0.1, -0.05) is 0 Å². The summed E-state index contributed by atoms with van der Waals surface area (Å²) >= 11 is -0.223. The molecule has 0 spiro atoms. The standard InChI is InChI=1S/C14H6F3NO2Se/c15-9-6-5-8(11(16)12(9)17)14(19)20-13-7-3-1-2-4-10(7)21-18-13/h1-6H. The minimum absolute atomic E-state index is 0.0692. The van der Waals surface area contributed by atoms with Crippen LogP contribution in [-0.2, 0) is 0 Å². The molecular formula is C14H6F3NO2Se. The molecule has 0 N–H and O–H groups in total. The molecule has 106 valence electrons. The number of carbonyl (C=O) groups excluding carboxylic acids is 1. The van der Waals surface area contributed by atoms with Crippen molar-refractivity contribution in [2.24, 2.45) is 0 Å². The first-order chi connectivity index (χ1) is 10.1. The van der Waals surface area contributed by atoms with Crippen LogP contribution in [0.5, 0.6) is 5.88 Å². The van der Waals surface area contributed by atoms with E-state index >= 15 is 0 Å². The SMILES string of the molecule is O=C(Oc1n[se]c2ccccc12)c1ccc(F)c(F)c1F. The fraction of sp³-hybridized carbons (Fsp3) is 0. The van der Waals surface area contributed by atoms with Gasteiger partial charge in [-0.05, 0) is 0 Å². The van der Waals surface area contributed by atoms with Gasteiger partial charge in [-0.2, -0.15) is 0 Å². The van der Waals surface area contributed by atoms with E-state index in [1.165, 1.54) is 0 Å². The maximum absolute atomic E-state index is 13.5. The molecule has 3 aromatic rings. The summed E-state index contributed by atoms with van der Waals surface area (Å²) in [6.45, 7) is 0. The molecule has 1 aromatic heterocycles. The van der Waals surface area contributed by atoms with E-state index in [9.17, 15) is 18.0 Å². The second-order valence-corrected chi connectivity index (χ2v) is 5.79. The summed E-state index contributed by atoms with van der Waals surface area (Å²) in [6, 6.07) is 8.65. The molecule has 0 bridgehead atoms. The van der Waals surface area contributed by atoms with Crippen molar-refractivity contribution in [1.29, 1.82) is 0 Å². The van der Waals surface area contributed by atoms with Crippen molar-refractivity contribution in [3.63, 3.8) is 0 Å². The zero-order chi connectivity index (χ0) is 15.0. The predicted molar refractivity (Wildman–Crippen MR) is 70.0 cm³/mol. The number of fused-ring (bicyclic) bond motifs is 1. The number of hydrogen-bond acceptors (Lipinski definition) is 3. The molecule has 0 saturated heterocycles. The Bertz CT molecular complexity index is 847. The van der Waals surface area contributed by atoms with Crippen LogP contribution in [0, 0.1) is 17.5 Å². The van der Waals surface area contributed by atoms with Gasteiger partial charge in [0.25, 0.3) is 0 Å². The van der Waals surface area contributed by atoms with E-state index in [4.69, 9.17) is 4.74 Å². The molecule has 0 unspecified atom stereocenters. The van der Waals surface area contributed by atoms with E-state index in [1.807, 2.05) is 12.1 Å². The topological polar surface area (TPSA) is 39.2 Å². The van der Waals surface area contributed by atoms with Crippen LogP contribution in [-0.4, -0.2) is 24.7 Å². The van der Waals surface area contributed by atoms with Gasteiger partial charge in [0.05, 0.1) is 0 Å². The van der Waals surface area contributed by atoms with Crippen molar-refractivity contribution in [3.05, 3.63) is 59.4 Å². The van der Waals surface area contributed by atoms with Crippen molar-refractivity contribution in [3.8, 4) is 5.88 Å². The van der Waals surface area contributed by atoms with Crippen LogP contribution in [0.3, 0.4) is 0 Å². The first kappa shape index (κ1) is 13.9. The molecule has 2 aromatic carbocycles. The van der Waals surface area contributed by atoms with Crippen LogP contribution in [0.2, 0.25) is 0 Å². The number of carbonyl (C=O) groups is 1. The summed E-state index contributed by atoms with van der Waals surface area (Å²) in [6.07, 6.45) is 0.